The summed E-state index contributed by atoms with van der Waals surface area (Å²) in [4.78, 5) is 32.3. The summed E-state index contributed by atoms with van der Waals surface area (Å²) >= 11 is 0. The van der Waals surface area contributed by atoms with E-state index < -0.39 is 0 Å². The second-order valence-electron chi connectivity index (χ2n) is 9.72. The number of rotatable bonds is 8. The van der Waals surface area contributed by atoms with Crippen molar-refractivity contribution in [1.29, 1.82) is 0 Å². The van der Waals surface area contributed by atoms with Gasteiger partial charge in [-0.25, -0.2) is 4.68 Å². The van der Waals surface area contributed by atoms with Crippen LogP contribution in [0.15, 0.2) is 24.3 Å². The molecule has 1 saturated carbocycles. The first-order valence-corrected chi connectivity index (χ1v) is 12.4. The molecule has 9 nitrogen and oxygen atoms in total. The molecule has 0 spiro atoms. The molecule has 0 saturated heterocycles. The summed E-state index contributed by atoms with van der Waals surface area (Å²) in [6.45, 7) is 1.41. The molecular weight excluding hydrogens is 446 g/mol. The summed E-state index contributed by atoms with van der Waals surface area (Å²) in [6, 6.07) is 7.92. The lowest BCUT2D eigenvalue weighted by Gasteiger charge is -2.41. The lowest BCUT2D eigenvalue weighted by Crippen LogP contribution is -2.49. The topological polar surface area (TPSA) is 80.1 Å². The normalized spacial score (nSPS) is 20.1. The Hall–Kier alpha value is -3.07. The number of methoxy groups -OCH3 is 2. The Bertz CT molecular complexity index is 1040. The van der Waals surface area contributed by atoms with Crippen molar-refractivity contribution in [3.05, 3.63) is 35.5 Å². The Morgan fingerprint density at radius 3 is 2.34 bits per heavy atom. The molecule has 0 atom stereocenters. The van der Waals surface area contributed by atoms with Crippen LogP contribution in [-0.4, -0.2) is 96.8 Å². The summed E-state index contributed by atoms with van der Waals surface area (Å²) in [5.74, 6) is 1.44. The van der Waals surface area contributed by atoms with Gasteiger partial charge >= 0.3 is 0 Å². The third-order valence-electron chi connectivity index (χ3n) is 7.34. The molecular formula is C26H37N5O4. The largest absolute Gasteiger partial charge is 0.497 e. The van der Waals surface area contributed by atoms with Gasteiger partial charge in [0.25, 0.3) is 5.91 Å². The van der Waals surface area contributed by atoms with Crippen molar-refractivity contribution in [1.82, 2.24) is 24.5 Å². The van der Waals surface area contributed by atoms with E-state index in [9.17, 15) is 9.59 Å². The molecule has 2 aliphatic rings. The quantitative estimate of drug-likeness (QED) is 0.574. The predicted octanol–water partition coefficient (Wildman–Crippen LogP) is 2.61. The zero-order valence-corrected chi connectivity index (χ0v) is 21.5. The minimum absolute atomic E-state index is 0.00303. The molecule has 1 fully saturated rings. The third-order valence-corrected chi connectivity index (χ3v) is 7.34. The van der Waals surface area contributed by atoms with Crippen LogP contribution in [0.4, 0.5) is 0 Å². The Balaban J connectivity index is 1.47. The van der Waals surface area contributed by atoms with Crippen molar-refractivity contribution in [2.75, 3.05) is 48.5 Å². The Morgan fingerprint density at radius 1 is 1.06 bits per heavy atom. The number of hydrogen-bond donors (Lipinski definition) is 0. The number of carbonyl (C=O) groups is 2. The average molecular weight is 484 g/mol. The molecule has 1 aromatic heterocycles. The highest BCUT2D eigenvalue weighted by atomic mass is 16.5. The monoisotopic (exact) mass is 483 g/mol. The molecule has 4 rings (SSSR count). The van der Waals surface area contributed by atoms with Crippen LogP contribution in [0.2, 0.25) is 0 Å². The maximum Gasteiger partial charge on any atom is 0.273 e. The van der Waals surface area contributed by atoms with E-state index in [2.05, 4.69) is 5.10 Å². The number of amides is 2. The summed E-state index contributed by atoms with van der Waals surface area (Å²) in [7, 11) is 9.10. The molecule has 0 unspecified atom stereocenters. The SMILES string of the molecule is COc1ccc(-n2nc(OC)c3c2C(=O)N(C2CCC(N(C)C(=O)CCN(C)C)CC2)CC3)cc1. The van der Waals surface area contributed by atoms with Crippen molar-refractivity contribution in [3.63, 3.8) is 0 Å². The zero-order valence-electron chi connectivity index (χ0n) is 21.5. The van der Waals surface area contributed by atoms with Crippen LogP contribution in [0.5, 0.6) is 11.6 Å². The van der Waals surface area contributed by atoms with Gasteiger partial charge in [-0.2, -0.15) is 0 Å². The van der Waals surface area contributed by atoms with Gasteiger partial charge in [0.2, 0.25) is 11.8 Å². The van der Waals surface area contributed by atoms with Gasteiger partial charge in [0, 0.05) is 44.2 Å². The fraction of sp³-hybridized carbons (Fsp3) is 0.577. The predicted molar refractivity (Wildman–Crippen MR) is 133 cm³/mol. The fourth-order valence-electron chi connectivity index (χ4n) is 5.22. The molecule has 2 amide bonds. The standard InChI is InChI=1S/C26H37N5O4/c1-28(2)16-15-23(32)29(3)18-6-8-19(9-7-18)30-17-14-22-24(26(30)33)31(27-25(22)35-5)20-10-12-21(34-4)13-11-20/h10-13,18-19H,6-9,14-17H2,1-5H3. The van der Waals surface area contributed by atoms with E-state index in [0.29, 0.717) is 31.0 Å². The summed E-state index contributed by atoms with van der Waals surface area (Å²) < 4.78 is 12.5. The maximum absolute atomic E-state index is 13.8. The molecule has 1 aliphatic heterocycles. The molecule has 190 valence electrons. The van der Waals surface area contributed by atoms with Crippen molar-refractivity contribution in [2.45, 2.75) is 50.6 Å². The van der Waals surface area contributed by atoms with Gasteiger partial charge in [-0.3, -0.25) is 9.59 Å². The molecule has 0 radical (unpaired) electrons. The zero-order chi connectivity index (χ0) is 25.1. The van der Waals surface area contributed by atoms with Gasteiger partial charge in [-0.1, -0.05) is 0 Å². The van der Waals surface area contributed by atoms with E-state index in [1.807, 2.05) is 60.1 Å². The van der Waals surface area contributed by atoms with Crippen LogP contribution in [0.1, 0.15) is 48.2 Å². The van der Waals surface area contributed by atoms with Gasteiger partial charge in [0.05, 0.1) is 19.9 Å². The number of fused-ring (bicyclic) bond motifs is 1. The van der Waals surface area contributed by atoms with Crippen molar-refractivity contribution in [3.8, 4) is 17.3 Å². The van der Waals surface area contributed by atoms with Gasteiger partial charge in [-0.15, -0.1) is 5.10 Å². The van der Waals surface area contributed by atoms with Gasteiger partial charge in [0.1, 0.15) is 11.4 Å². The highest BCUT2D eigenvalue weighted by Crippen LogP contribution is 2.34. The van der Waals surface area contributed by atoms with E-state index in [0.717, 1.165) is 49.2 Å². The number of aromatic nitrogens is 2. The van der Waals surface area contributed by atoms with Crippen molar-refractivity contribution < 1.29 is 19.1 Å². The molecule has 1 aliphatic carbocycles. The Morgan fingerprint density at radius 2 is 1.74 bits per heavy atom. The Labute approximate surface area is 207 Å². The van der Waals surface area contributed by atoms with E-state index in [1.54, 1.807) is 18.9 Å². The third kappa shape index (κ3) is 5.15. The molecule has 2 aromatic rings. The average Bonchev–Trinajstić information content (AvgIpc) is 3.27. The van der Waals surface area contributed by atoms with Crippen molar-refractivity contribution >= 4 is 11.8 Å². The number of benzene rings is 1. The highest BCUT2D eigenvalue weighted by Gasteiger charge is 2.38. The maximum atomic E-state index is 13.8. The first kappa shape index (κ1) is 25.0. The second kappa shape index (κ2) is 10.7. The van der Waals surface area contributed by atoms with Crippen LogP contribution >= 0.6 is 0 Å². The van der Waals surface area contributed by atoms with Crippen LogP contribution in [0.25, 0.3) is 5.69 Å². The molecule has 2 heterocycles. The fourth-order valence-corrected chi connectivity index (χ4v) is 5.22. The number of nitrogens with zero attached hydrogens (tertiary/aromatic N) is 5. The molecule has 0 bridgehead atoms. The van der Waals surface area contributed by atoms with E-state index in [-0.39, 0.29) is 23.9 Å². The molecule has 1 aromatic carbocycles. The number of carbonyl (C=O) groups excluding carboxylic acids is 2. The summed E-state index contributed by atoms with van der Waals surface area (Å²) in [6.07, 6.45) is 4.85. The lowest BCUT2D eigenvalue weighted by atomic mass is 9.88. The first-order valence-electron chi connectivity index (χ1n) is 12.4. The van der Waals surface area contributed by atoms with E-state index in [4.69, 9.17) is 9.47 Å². The number of hydrogen-bond acceptors (Lipinski definition) is 6. The molecule has 9 heteroatoms. The van der Waals surface area contributed by atoms with Crippen LogP contribution in [0.3, 0.4) is 0 Å². The molecule has 0 N–H and O–H groups in total. The molecule has 35 heavy (non-hydrogen) atoms. The minimum Gasteiger partial charge on any atom is -0.497 e. The first-order chi connectivity index (χ1) is 16.8. The van der Waals surface area contributed by atoms with Crippen LogP contribution in [-0.2, 0) is 11.2 Å². The van der Waals surface area contributed by atoms with E-state index >= 15 is 0 Å². The summed E-state index contributed by atoms with van der Waals surface area (Å²) in [5, 5.41) is 4.61. The van der Waals surface area contributed by atoms with Gasteiger partial charge in [-0.05, 0) is 70.5 Å². The Kier molecular flexibility index (Phi) is 7.64. The van der Waals surface area contributed by atoms with Gasteiger partial charge < -0.3 is 24.2 Å². The van der Waals surface area contributed by atoms with Crippen LogP contribution in [0, 0.1) is 0 Å². The number of ether oxygens (including phenoxy) is 2. The second-order valence-corrected chi connectivity index (χ2v) is 9.72. The smallest absolute Gasteiger partial charge is 0.273 e. The summed E-state index contributed by atoms with van der Waals surface area (Å²) in [5.41, 5.74) is 2.24. The van der Waals surface area contributed by atoms with Crippen LogP contribution < -0.4 is 9.47 Å². The highest BCUT2D eigenvalue weighted by molar-refractivity contribution is 5.96. The van der Waals surface area contributed by atoms with Gasteiger partial charge in [0.15, 0.2) is 0 Å². The minimum atomic E-state index is -0.00303. The lowest BCUT2D eigenvalue weighted by molar-refractivity contribution is -0.133. The van der Waals surface area contributed by atoms with E-state index in [1.165, 1.54) is 0 Å². The van der Waals surface area contributed by atoms with Crippen molar-refractivity contribution in [2.24, 2.45) is 0 Å².